The molecule has 0 fully saturated rings. The fourth-order valence-electron chi connectivity index (χ4n) is 2.59. The SMILES string of the molecule is N#CCNC(=O)[C@H](Cc1nccs1)NC(=O)c1ccc(-c2ccccc2Cl)nc1. The predicted molar refractivity (Wildman–Crippen MR) is 110 cm³/mol. The zero-order valence-corrected chi connectivity index (χ0v) is 16.7. The molecule has 2 N–H and O–H groups in total. The molecule has 0 aliphatic heterocycles. The Labute approximate surface area is 176 Å². The van der Waals surface area contributed by atoms with Crippen molar-refractivity contribution in [3.63, 3.8) is 0 Å². The van der Waals surface area contributed by atoms with Crippen LogP contribution in [0.3, 0.4) is 0 Å². The predicted octanol–water partition coefficient (Wildman–Crippen LogP) is 2.84. The molecule has 9 heteroatoms. The number of hydrogen-bond donors (Lipinski definition) is 2. The summed E-state index contributed by atoms with van der Waals surface area (Å²) in [6, 6.07) is 11.6. The lowest BCUT2D eigenvalue weighted by Crippen LogP contribution is -2.48. The van der Waals surface area contributed by atoms with Crippen molar-refractivity contribution in [2.45, 2.75) is 12.5 Å². The summed E-state index contributed by atoms with van der Waals surface area (Å²) in [5, 5.41) is 16.9. The van der Waals surface area contributed by atoms with Crippen LogP contribution in [0.1, 0.15) is 15.4 Å². The van der Waals surface area contributed by atoms with Crippen LogP contribution < -0.4 is 10.6 Å². The van der Waals surface area contributed by atoms with E-state index in [0.29, 0.717) is 21.3 Å². The van der Waals surface area contributed by atoms with Gasteiger partial charge in [-0.25, -0.2) is 4.98 Å². The Morgan fingerprint density at radius 1 is 1.21 bits per heavy atom. The molecule has 2 heterocycles. The third-order valence-corrected chi connectivity index (χ3v) is 5.13. The van der Waals surface area contributed by atoms with Crippen molar-refractivity contribution >= 4 is 34.8 Å². The molecule has 2 amide bonds. The maximum Gasteiger partial charge on any atom is 0.253 e. The maximum absolute atomic E-state index is 12.6. The second-order valence-electron chi connectivity index (χ2n) is 5.94. The average molecular weight is 426 g/mol. The zero-order chi connectivity index (χ0) is 20.6. The first-order valence-corrected chi connectivity index (χ1v) is 9.89. The molecular weight excluding hydrogens is 410 g/mol. The monoisotopic (exact) mass is 425 g/mol. The van der Waals surface area contributed by atoms with Gasteiger partial charge in [0.1, 0.15) is 12.6 Å². The van der Waals surface area contributed by atoms with Crippen molar-refractivity contribution in [3.05, 3.63) is 69.8 Å². The van der Waals surface area contributed by atoms with E-state index >= 15 is 0 Å². The molecule has 3 aromatic rings. The van der Waals surface area contributed by atoms with Crippen molar-refractivity contribution in [2.75, 3.05) is 6.54 Å². The number of benzene rings is 1. The second kappa shape index (κ2) is 9.78. The van der Waals surface area contributed by atoms with Crippen LogP contribution in [-0.4, -0.2) is 34.4 Å². The first kappa shape index (κ1) is 20.5. The Bertz CT molecular complexity index is 1030. The van der Waals surface area contributed by atoms with E-state index < -0.39 is 17.9 Å². The largest absolute Gasteiger partial charge is 0.341 e. The number of rotatable bonds is 7. The van der Waals surface area contributed by atoms with Gasteiger partial charge in [0.15, 0.2) is 0 Å². The minimum absolute atomic E-state index is 0.142. The molecular formula is C20H16ClN5O2S. The zero-order valence-electron chi connectivity index (χ0n) is 15.1. The molecule has 0 unspecified atom stereocenters. The number of thiazole rings is 1. The van der Waals surface area contributed by atoms with Crippen LogP contribution in [0.5, 0.6) is 0 Å². The van der Waals surface area contributed by atoms with Gasteiger partial charge in [-0.15, -0.1) is 11.3 Å². The van der Waals surface area contributed by atoms with Gasteiger partial charge in [-0.05, 0) is 18.2 Å². The Kier molecular flexibility index (Phi) is 6.89. The van der Waals surface area contributed by atoms with Gasteiger partial charge in [-0.2, -0.15) is 5.26 Å². The lowest BCUT2D eigenvalue weighted by Gasteiger charge is -2.17. The molecule has 29 heavy (non-hydrogen) atoms. The lowest BCUT2D eigenvalue weighted by atomic mass is 10.1. The summed E-state index contributed by atoms with van der Waals surface area (Å²) in [4.78, 5) is 33.4. The molecule has 1 aromatic carbocycles. The van der Waals surface area contributed by atoms with Crippen LogP contribution in [0.2, 0.25) is 5.02 Å². The first-order valence-electron chi connectivity index (χ1n) is 8.63. The average Bonchev–Trinajstić information content (AvgIpc) is 3.25. The lowest BCUT2D eigenvalue weighted by molar-refractivity contribution is -0.122. The smallest absolute Gasteiger partial charge is 0.253 e. The molecule has 146 valence electrons. The normalized spacial score (nSPS) is 11.3. The minimum atomic E-state index is -0.856. The summed E-state index contributed by atoms with van der Waals surface area (Å²) in [7, 11) is 0. The maximum atomic E-state index is 12.6. The van der Waals surface area contributed by atoms with Crippen LogP contribution in [0, 0.1) is 11.3 Å². The van der Waals surface area contributed by atoms with Gasteiger partial charge in [-0.3, -0.25) is 14.6 Å². The summed E-state index contributed by atoms with van der Waals surface area (Å²) in [6.45, 7) is -0.142. The number of halogens is 1. The number of carbonyl (C=O) groups excluding carboxylic acids is 2. The summed E-state index contributed by atoms with van der Waals surface area (Å²) < 4.78 is 0. The van der Waals surface area contributed by atoms with Gasteiger partial charge < -0.3 is 10.6 Å². The van der Waals surface area contributed by atoms with E-state index in [1.165, 1.54) is 17.5 Å². The summed E-state index contributed by atoms with van der Waals surface area (Å²) in [5.74, 6) is -0.896. The van der Waals surface area contributed by atoms with Crippen molar-refractivity contribution in [3.8, 4) is 17.3 Å². The molecule has 0 saturated carbocycles. The first-order chi connectivity index (χ1) is 14.1. The standard InChI is InChI=1S/C20H16ClN5O2S/c21-15-4-2-1-3-14(15)16-6-5-13(12-25-16)19(27)26-17(20(28)24-8-7-22)11-18-23-9-10-29-18/h1-6,9-10,12,17H,8,11H2,(H,24,28)(H,26,27)/t17-/m0/s1. The van der Waals surface area contributed by atoms with Crippen LogP contribution in [0.4, 0.5) is 0 Å². The number of pyridine rings is 1. The van der Waals surface area contributed by atoms with E-state index in [2.05, 4.69) is 20.6 Å². The van der Waals surface area contributed by atoms with Crippen LogP contribution in [0.15, 0.2) is 54.2 Å². The highest BCUT2D eigenvalue weighted by atomic mass is 35.5. The number of carbonyl (C=O) groups is 2. The van der Waals surface area contributed by atoms with E-state index in [4.69, 9.17) is 16.9 Å². The fraction of sp³-hybridized carbons (Fsp3) is 0.150. The van der Waals surface area contributed by atoms with Crippen molar-refractivity contribution < 1.29 is 9.59 Å². The van der Waals surface area contributed by atoms with E-state index in [-0.39, 0.29) is 13.0 Å². The molecule has 0 radical (unpaired) electrons. The highest BCUT2D eigenvalue weighted by Gasteiger charge is 2.23. The molecule has 0 aliphatic rings. The Morgan fingerprint density at radius 3 is 2.69 bits per heavy atom. The molecule has 0 spiro atoms. The fourth-order valence-corrected chi connectivity index (χ4v) is 3.48. The van der Waals surface area contributed by atoms with E-state index in [1.54, 1.807) is 29.8 Å². The van der Waals surface area contributed by atoms with Crippen molar-refractivity contribution in [2.24, 2.45) is 0 Å². The molecule has 2 aromatic heterocycles. The highest BCUT2D eigenvalue weighted by molar-refractivity contribution is 7.09. The van der Waals surface area contributed by atoms with Gasteiger partial charge in [-0.1, -0.05) is 29.8 Å². The molecule has 3 rings (SSSR count). The summed E-state index contributed by atoms with van der Waals surface area (Å²) >= 11 is 7.57. The Balaban J connectivity index is 1.74. The van der Waals surface area contributed by atoms with E-state index in [1.807, 2.05) is 24.3 Å². The van der Waals surface area contributed by atoms with Crippen molar-refractivity contribution in [1.82, 2.24) is 20.6 Å². The Morgan fingerprint density at radius 2 is 2.03 bits per heavy atom. The van der Waals surface area contributed by atoms with E-state index in [9.17, 15) is 9.59 Å². The number of nitrogens with zero attached hydrogens (tertiary/aromatic N) is 3. The van der Waals surface area contributed by atoms with Gasteiger partial charge in [0.2, 0.25) is 5.91 Å². The number of nitrogens with one attached hydrogen (secondary N) is 2. The number of amides is 2. The van der Waals surface area contributed by atoms with Crippen molar-refractivity contribution in [1.29, 1.82) is 5.26 Å². The van der Waals surface area contributed by atoms with Crippen LogP contribution >= 0.6 is 22.9 Å². The highest BCUT2D eigenvalue weighted by Crippen LogP contribution is 2.25. The molecule has 0 bridgehead atoms. The number of nitriles is 1. The molecule has 7 nitrogen and oxygen atoms in total. The van der Waals surface area contributed by atoms with Crippen LogP contribution in [0.25, 0.3) is 11.3 Å². The molecule has 0 saturated heterocycles. The third-order valence-electron chi connectivity index (χ3n) is 4.00. The van der Waals surface area contributed by atoms with E-state index in [0.717, 1.165) is 5.56 Å². The third kappa shape index (κ3) is 5.38. The molecule has 1 atom stereocenters. The van der Waals surface area contributed by atoms with Crippen LogP contribution in [-0.2, 0) is 11.2 Å². The topological polar surface area (TPSA) is 108 Å². The second-order valence-corrected chi connectivity index (χ2v) is 7.33. The number of hydrogen-bond acceptors (Lipinski definition) is 6. The summed E-state index contributed by atoms with van der Waals surface area (Å²) in [6.07, 6.45) is 3.29. The quantitative estimate of drug-likeness (QED) is 0.566. The minimum Gasteiger partial charge on any atom is -0.341 e. The summed E-state index contributed by atoms with van der Waals surface area (Å²) in [5.41, 5.74) is 1.70. The molecule has 0 aliphatic carbocycles. The van der Waals surface area contributed by atoms with Gasteiger partial charge in [0.05, 0.1) is 22.3 Å². The van der Waals surface area contributed by atoms with Gasteiger partial charge in [0, 0.05) is 34.8 Å². The number of aromatic nitrogens is 2. The Hall–Kier alpha value is -3.28. The van der Waals surface area contributed by atoms with Gasteiger partial charge in [0.25, 0.3) is 5.91 Å². The van der Waals surface area contributed by atoms with Gasteiger partial charge >= 0.3 is 0 Å².